The van der Waals surface area contributed by atoms with Crippen LogP contribution in [-0.4, -0.2) is 0 Å². The summed E-state index contributed by atoms with van der Waals surface area (Å²) < 4.78 is 0. The van der Waals surface area contributed by atoms with Crippen LogP contribution in [0.2, 0.25) is 0 Å². The van der Waals surface area contributed by atoms with Gasteiger partial charge in [-0.15, -0.1) is 0 Å². The van der Waals surface area contributed by atoms with Crippen LogP contribution >= 0.6 is 0 Å². The molecule has 0 aromatic carbocycles. The molecule has 0 atom stereocenters. The van der Waals surface area contributed by atoms with Crippen LogP contribution in [0.15, 0.2) is 72.9 Å². The van der Waals surface area contributed by atoms with E-state index < -0.39 is 0 Å². The summed E-state index contributed by atoms with van der Waals surface area (Å²) >= 11 is 0. The molecule has 22 heavy (non-hydrogen) atoms. The zero-order chi connectivity index (χ0) is 16.1. The third kappa shape index (κ3) is 18.4. The van der Waals surface area contributed by atoms with Gasteiger partial charge in [0.05, 0.1) is 0 Å². The summed E-state index contributed by atoms with van der Waals surface area (Å²) in [5.41, 5.74) is 0. The summed E-state index contributed by atoms with van der Waals surface area (Å²) in [4.78, 5) is 0. The Bertz CT molecular complexity index is 375. The van der Waals surface area contributed by atoms with Crippen LogP contribution in [0.25, 0.3) is 0 Å². The van der Waals surface area contributed by atoms with E-state index in [9.17, 15) is 0 Å². The van der Waals surface area contributed by atoms with Gasteiger partial charge in [0.1, 0.15) is 0 Å². The molecule has 0 saturated carbocycles. The highest BCUT2D eigenvalue weighted by Crippen LogP contribution is 1.97. The second kappa shape index (κ2) is 19.4. The van der Waals surface area contributed by atoms with Gasteiger partial charge >= 0.3 is 0 Å². The molecule has 0 aromatic heterocycles. The van der Waals surface area contributed by atoms with Crippen LogP contribution in [0, 0.1) is 6.92 Å². The molecule has 0 unspecified atom stereocenters. The quantitative estimate of drug-likeness (QED) is 0.313. The van der Waals surface area contributed by atoms with Gasteiger partial charge in [-0.05, 0) is 51.4 Å². The standard InChI is InChI=1S/C22H33/c1-3-5-7-9-11-13-15-17-19-21-22-20-18-16-14-12-10-8-6-4-2/h6-9,12-15,18-21H,1,3-5,10-11,16-17,22H2,2H3/b8-6?,9-7-,14-12?,15-13?,20-18?,21-19?. The fourth-order valence-corrected chi connectivity index (χ4v) is 1.76. The molecule has 0 amide bonds. The van der Waals surface area contributed by atoms with E-state index in [1.165, 1.54) is 0 Å². The Morgan fingerprint density at radius 1 is 0.500 bits per heavy atom. The Morgan fingerprint density at radius 3 is 1.14 bits per heavy atom. The Hall–Kier alpha value is -1.56. The first kappa shape index (κ1) is 20.4. The summed E-state index contributed by atoms with van der Waals surface area (Å²) in [6, 6.07) is 0. The maximum absolute atomic E-state index is 3.81. The summed E-state index contributed by atoms with van der Waals surface area (Å²) in [5.74, 6) is 0. The normalized spacial score (nSPS) is 13.4. The minimum Gasteiger partial charge on any atom is -0.0885 e. The summed E-state index contributed by atoms with van der Waals surface area (Å²) in [5, 5.41) is 0. The predicted octanol–water partition coefficient (Wildman–Crippen LogP) is 7.30. The van der Waals surface area contributed by atoms with Gasteiger partial charge in [-0.1, -0.05) is 86.8 Å². The van der Waals surface area contributed by atoms with Crippen molar-refractivity contribution in [1.82, 2.24) is 0 Å². The Labute approximate surface area is 138 Å². The molecule has 1 radical (unpaired) electrons. The van der Waals surface area contributed by atoms with E-state index in [1.54, 1.807) is 0 Å². The van der Waals surface area contributed by atoms with E-state index in [-0.39, 0.29) is 0 Å². The highest BCUT2D eigenvalue weighted by Gasteiger charge is 1.76. The van der Waals surface area contributed by atoms with Crippen molar-refractivity contribution >= 4 is 0 Å². The zero-order valence-corrected chi connectivity index (χ0v) is 14.3. The van der Waals surface area contributed by atoms with Crippen LogP contribution in [0.5, 0.6) is 0 Å². The van der Waals surface area contributed by atoms with Crippen molar-refractivity contribution in [2.24, 2.45) is 0 Å². The maximum atomic E-state index is 3.81. The van der Waals surface area contributed by atoms with Gasteiger partial charge in [-0.3, -0.25) is 0 Å². The van der Waals surface area contributed by atoms with E-state index in [0.29, 0.717) is 0 Å². The fourth-order valence-electron chi connectivity index (χ4n) is 1.76. The number of hydrogen-bond acceptors (Lipinski definition) is 0. The zero-order valence-electron chi connectivity index (χ0n) is 14.3. The van der Waals surface area contributed by atoms with E-state index in [0.717, 1.165) is 51.4 Å². The summed E-state index contributed by atoms with van der Waals surface area (Å²) in [7, 11) is 0. The van der Waals surface area contributed by atoms with Crippen molar-refractivity contribution in [3.05, 3.63) is 79.8 Å². The van der Waals surface area contributed by atoms with Crippen molar-refractivity contribution < 1.29 is 0 Å². The molecule has 0 spiro atoms. The molecule has 0 nitrogen and oxygen atoms in total. The molecular formula is C22H33. The molecule has 0 heterocycles. The first-order valence-corrected chi connectivity index (χ1v) is 8.61. The smallest absolute Gasteiger partial charge is 0.0169 e. The van der Waals surface area contributed by atoms with E-state index in [1.807, 2.05) is 0 Å². The fraction of sp³-hybridized carbons (Fsp3) is 0.409. The highest BCUT2D eigenvalue weighted by atomic mass is 13.8. The van der Waals surface area contributed by atoms with Crippen LogP contribution in [0.3, 0.4) is 0 Å². The summed E-state index contributed by atoms with van der Waals surface area (Å²) in [6.07, 6.45) is 35.0. The number of rotatable bonds is 13. The van der Waals surface area contributed by atoms with Crippen LogP contribution in [0.4, 0.5) is 0 Å². The first-order valence-electron chi connectivity index (χ1n) is 8.61. The van der Waals surface area contributed by atoms with Gasteiger partial charge in [-0.25, -0.2) is 0 Å². The SMILES string of the molecule is [CH2]CC/C=C\CC=CCC=CCC=CCC=CCC=CCC. The number of unbranched alkanes of at least 4 members (excludes halogenated alkanes) is 1. The molecule has 0 fully saturated rings. The largest absolute Gasteiger partial charge is 0.0885 e. The second-order valence-corrected chi connectivity index (χ2v) is 5.06. The Morgan fingerprint density at radius 2 is 0.818 bits per heavy atom. The Kier molecular flexibility index (Phi) is 18.1. The molecule has 0 N–H and O–H groups in total. The van der Waals surface area contributed by atoms with Crippen molar-refractivity contribution in [1.29, 1.82) is 0 Å². The van der Waals surface area contributed by atoms with Crippen LogP contribution in [0.1, 0.15) is 58.3 Å². The minimum atomic E-state index is 0.988. The molecule has 0 bridgehead atoms. The van der Waals surface area contributed by atoms with Crippen LogP contribution in [-0.2, 0) is 0 Å². The lowest BCUT2D eigenvalue weighted by Crippen LogP contribution is -1.65. The predicted molar refractivity (Wildman–Crippen MR) is 103 cm³/mol. The van der Waals surface area contributed by atoms with Crippen molar-refractivity contribution in [2.45, 2.75) is 58.3 Å². The molecule has 0 rings (SSSR count). The van der Waals surface area contributed by atoms with Gasteiger partial charge in [0.25, 0.3) is 0 Å². The average molecular weight is 298 g/mol. The average Bonchev–Trinajstić information content (AvgIpc) is 2.54. The molecule has 0 saturated heterocycles. The second-order valence-electron chi connectivity index (χ2n) is 5.06. The lowest BCUT2D eigenvalue weighted by molar-refractivity contribution is 1.04. The van der Waals surface area contributed by atoms with E-state index >= 15 is 0 Å². The van der Waals surface area contributed by atoms with Crippen molar-refractivity contribution in [2.75, 3.05) is 0 Å². The molecule has 0 aliphatic heterocycles. The molecule has 0 aliphatic rings. The van der Waals surface area contributed by atoms with Gasteiger partial charge in [0.15, 0.2) is 0 Å². The molecule has 0 aromatic rings. The minimum absolute atomic E-state index is 0.988. The third-order valence-electron chi connectivity index (χ3n) is 2.97. The summed E-state index contributed by atoms with van der Waals surface area (Å²) in [6.45, 7) is 5.97. The maximum Gasteiger partial charge on any atom is -0.0169 e. The highest BCUT2D eigenvalue weighted by molar-refractivity contribution is 5.01. The van der Waals surface area contributed by atoms with Gasteiger partial charge in [0.2, 0.25) is 0 Å². The lowest BCUT2D eigenvalue weighted by atomic mass is 10.2. The molecular weight excluding hydrogens is 264 g/mol. The molecule has 0 heteroatoms. The monoisotopic (exact) mass is 297 g/mol. The molecule has 121 valence electrons. The van der Waals surface area contributed by atoms with Crippen molar-refractivity contribution in [3.63, 3.8) is 0 Å². The molecule has 0 aliphatic carbocycles. The van der Waals surface area contributed by atoms with E-state index in [2.05, 4.69) is 86.8 Å². The topological polar surface area (TPSA) is 0 Å². The van der Waals surface area contributed by atoms with Crippen LogP contribution < -0.4 is 0 Å². The van der Waals surface area contributed by atoms with Gasteiger partial charge in [0, 0.05) is 0 Å². The number of allylic oxidation sites excluding steroid dienone is 12. The van der Waals surface area contributed by atoms with E-state index in [4.69, 9.17) is 0 Å². The number of hydrogen-bond donors (Lipinski definition) is 0. The van der Waals surface area contributed by atoms with Crippen molar-refractivity contribution in [3.8, 4) is 0 Å². The Balaban J connectivity index is 3.48. The third-order valence-corrected chi connectivity index (χ3v) is 2.97. The lowest BCUT2D eigenvalue weighted by Gasteiger charge is -1.86. The van der Waals surface area contributed by atoms with Gasteiger partial charge in [-0.2, -0.15) is 0 Å². The first-order chi connectivity index (χ1) is 10.9. The van der Waals surface area contributed by atoms with Gasteiger partial charge < -0.3 is 0 Å².